The maximum absolute atomic E-state index is 13.8. The highest BCUT2D eigenvalue weighted by Crippen LogP contribution is 2.26. The van der Waals surface area contributed by atoms with Gasteiger partial charge >= 0.3 is 0 Å². The summed E-state index contributed by atoms with van der Waals surface area (Å²) < 4.78 is 15.7. The van der Waals surface area contributed by atoms with Gasteiger partial charge in [0.2, 0.25) is 0 Å². The quantitative estimate of drug-likeness (QED) is 0.655. The fourth-order valence-corrected chi connectivity index (χ4v) is 3.12. The summed E-state index contributed by atoms with van der Waals surface area (Å²) in [5.74, 6) is 0.967. The number of benzene rings is 2. The van der Waals surface area contributed by atoms with E-state index in [4.69, 9.17) is 11.6 Å². The monoisotopic (exact) mass is 333 g/mol. The molecule has 0 atom stereocenters. The Kier molecular flexibility index (Phi) is 4.45. The molecule has 3 rings (SSSR count). The number of nitrogens with zero attached hydrogens (tertiary/aromatic N) is 3. The van der Waals surface area contributed by atoms with Gasteiger partial charge in [-0.1, -0.05) is 59.8 Å². The first-order chi connectivity index (χ1) is 10.6. The van der Waals surface area contributed by atoms with Crippen molar-refractivity contribution in [3.8, 4) is 11.4 Å². The van der Waals surface area contributed by atoms with E-state index in [-0.39, 0.29) is 5.82 Å². The Labute approximate surface area is 137 Å². The third kappa shape index (κ3) is 3.15. The summed E-state index contributed by atoms with van der Waals surface area (Å²) in [4.78, 5) is 0. The highest BCUT2D eigenvalue weighted by atomic mass is 35.5. The molecule has 1 aromatic heterocycles. The minimum absolute atomic E-state index is 0.301. The van der Waals surface area contributed by atoms with Gasteiger partial charge < -0.3 is 4.57 Å². The molecule has 112 valence electrons. The van der Waals surface area contributed by atoms with Crippen molar-refractivity contribution in [2.45, 2.75) is 10.9 Å². The van der Waals surface area contributed by atoms with E-state index in [1.165, 1.54) is 17.8 Å². The summed E-state index contributed by atoms with van der Waals surface area (Å²) in [7, 11) is 1.91. The van der Waals surface area contributed by atoms with Gasteiger partial charge in [0, 0.05) is 23.4 Å². The second kappa shape index (κ2) is 6.50. The van der Waals surface area contributed by atoms with Crippen molar-refractivity contribution in [2.75, 3.05) is 0 Å². The van der Waals surface area contributed by atoms with Gasteiger partial charge in [0.1, 0.15) is 5.82 Å². The standard InChI is InChI=1S/C16H13ClFN3S/c1-21-15(11-5-3-2-4-6-11)19-20-16(21)22-10-12-7-8-13(17)9-14(12)18/h2-9H,10H2,1H3. The first-order valence-electron chi connectivity index (χ1n) is 6.66. The molecule has 3 nitrogen and oxygen atoms in total. The van der Waals surface area contributed by atoms with Crippen LogP contribution in [0, 0.1) is 5.82 Å². The van der Waals surface area contributed by atoms with Crippen molar-refractivity contribution in [3.63, 3.8) is 0 Å². The van der Waals surface area contributed by atoms with Gasteiger partial charge in [-0.3, -0.25) is 0 Å². The number of hydrogen-bond acceptors (Lipinski definition) is 3. The summed E-state index contributed by atoms with van der Waals surface area (Å²) in [5, 5.41) is 9.54. The van der Waals surface area contributed by atoms with Gasteiger partial charge in [0.15, 0.2) is 11.0 Å². The topological polar surface area (TPSA) is 30.7 Å². The van der Waals surface area contributed by atoms with Gasteiger partial charge in [0.05, 0.1) is 0 Å². The van der Waals surface area contributed by atoms with E-state index in [0.29, 0.717) is 16.3 Å². The predicted octanol–water partition coefficient (Wildman–Crippen LogP) is 4.57. The molecule has 22 heavy (non-hydrogen) atoms. The zero-order valence-corrected chi connectivity index (χ0v) is 13.4. The molecular weight excluding hydrogens is 321 g/mol. The molecule has 0 radical (unpaired) electrons. The normalized spacial score (nSPS) is 10.9. The number of halogens is 2. The third-order valence-electron chi connectivity index (χ3n) is 3.24. The SMILES string of the molecule is Cn1c(SCc2ccc(Cl)cc2F)nnc1-c1ccccc1. The second-order valence-electron chi connectivity index (χ2n) is 4.76. The van der Waals surface area contributed by atoms with Crippen LogP contribution in [0.25, 0.3) is 11.4 Å². The van der Waals surface area contributed by atoms with Gasteiger partial charge in [0.25, 0.3) is 0 Å². The molecule has 0 amide bonds. The third-order valence-corrected chi connectivity index (χ3v) is 4.54. The molecule has 0 aliphatic heterocycles. The van der Waals surface area contributed by atoms with Crippen molar-refractivity contribution in [2.24, 2.45) is 7.05 Å². The lowest BCUT2D eigenvalue weighted by molar-refractivity contribution is 0.617. The minimum atomic E-state index is -0.301. The van der Waals surface area contributed by atoms with E-state index in [9.17, 15) is 4.39 Å². The number of rotatable bonds is 4. The molecule has 6 heteroatoms. The van der Waals surface area contributed by atoms with E-state index in [0.717, 1.165) is 16.5 Å². The first kappa shape index (κ1) is 15.1. The van der Waals surface area contributed by atoms with Crippen LogP contribution < -0.4 is 0 Å². The van der Waals surface area contributed by atoms with Crippen molar-refractivity contribution in [1.29, 1.82) is 0 Å². The molecule has 0 unspecified atom stereocenters. The van der Waals surface area contributed by atoms with Crippen LogP contribution in [0.1, 0.15) is 5.56 Å². The van der Waals surface area contributed by atoms with Crippen LogP contribution in [-0.2, 0) is 12.8 Å². The highest BCUT2D eigenvalue weighted by molar-refractivity contribution is 7.98. The molecule has 3 aromatic rings. The Morgan fingerprint density at radius 2 is 1.91 bits per heavy atom. The van der Waals surface area contributed by atoms with Crippen molar-refractivity contribution in [1.82, 2.24) is 14.8 Å². The van der Waals surface area contributed by atoms with Crippen LogP contribution >= 0.6 is 23.4 Å². The molecule has 0 saturated heterocycles. The second-order valence-corrected chi connectivity index (χ2v) is 6.13. The molecule has 0 fully saturated rings. The zero-order valence-electron chi connectivity index (χ0n) is 11.8. The Bertz CT molecular complexity index is 789. The Balaban J connectivity index is 1.78. The average molecular weight is 334 g/mol. The van der Waals surface area contributed by atoms with E-state index in [1.807, 2.05) is 41.9 Å². The fraction of sp³-hybridized carbons (Fsp3) is 0.125. The summed E-state index contributed by atoms with van der Waals surface area (Å²) in [6.07, 6.45) is 0. The summed E-state index contributed by atoms with van der Waals surface area (Å²) in [6.45, 7) is 0. The number of aromatic nitrogens is 3. The Morgan fingerprint density at radius 3 is 2.64 bits per heavy atom. The number of thioether (sulfide) groups is 1. The average Bonchev–Trinajstić information content (AvgIpc) is 2.88. The van der Waals surface area contributed by atoms with Gasteiger partial charge in [-0.15, -0.1) is 10.2 Å². The molecule has 0 aliphatic rings. The molecule has 2 aromatic carbocycles. The van der Waals surface area contributed by atoms with Crippen LogP contribution in [0.2, 0.25) is 5.02 Å². The van der Waals surface area contributed by atoms with Crippen LogP contribution in [0.15, 0.2) is 53.7 Å². The predicted molar refractivity (Wildman–Crippen MR) is 87.4 cm³/mol. The van der Waals surface area contributed by atoms with E-state index in [1.54, 1.807) is 12.1 Å². The van der Waals surface area contributed by atoms with Crippen molar-refractivity contribution in [3.05, 3.63) is 64.9 Å². The van der Waals surface area contributed by atoms with Crippen LogP contribution in [0.5, 0.6) is 0 Å². The zero-order chi connectivity index (χ0) is 15.5. The van der Waals surface area contributed by atoms with Crippen LogP contribution in [0.4, 0.5) is 4.39 Å². The molecule has 1 heterocycles. The summed E-state index contributed by atoms with van der Waals surface area (Å²) in [5.41, 5.74) is 1.60. The molecule has 0 N–H and O–H groups in total. The highest BCUT2D eigenvalue weighted by Gasteiger charge is 2.12. The van der Waals surface area contributed by atoms with Crippen molar-refractivity contribution >= 4 is 23.4 Å². The fourth-order valence-electron chi connectivity index (χ4n) is 2.06. The summed E-state index contributed by atoms with van der Waals surface area (Å²) >= 11 is 7.20. The van der Waals surface area contributed by atoms with Crippen LogP contribution in [0.3, 0.4) is 0 Å². The molecule has 0 spiro atoms. The van der Waals surface area contributed by atoms with E-state index >= 15 is 0 Å². The Morgan fingerprint density at radius 1 is 1.14 bits per heavy atom. The maximum atomic E-state index is 13.8. The lowest BCUT2D eigenvalue weighted by atomic mass is 10.2. The first-order valence-corrected chi connectivity index (χ1v) is 8.03. The molecular formula is C16H13ClFN3S. The lowest BCUT2D eigenvalue weighted by Gasteiger charge is -2.05. The minimum Gasteiger partial charge on any atom is -0.305 e. The largest absolute Gasteiger partial charge is 0.305 e. The van der Waals surface area contributed by atoms with Gasteiger partial charge in [-0.05, 0) is 17.7 Å². The summed E-state index contributed by atoms with van der Waals surface area (Å²) in [6, 6.07) is 14.5. The lowest BCUT2D eigenvalue weighted by Crippen LogP contribution is -1.95. The smallest absolute Gasteiger partial charge is 0.191 e. The molecule has 0 aliphatic carbocycles. The maximum Gasteiger partial charge on any atom is 0.191 e. The Hall–Kier alpha value is -1.85. The van der Waals surface area contributed by atoms with E-state index in [2.05, 4.69) is 10.2 Å². The molecule has 0 bridgehead atoms. The van der Waals surface area contributed by atoms with Gasteiger partial charge in [-0.2, -0.15) is 0 Å². The van der Waals surface area contributed by atoms with Gasteiger partial charge in [-0.25, -0.2) is 4.39 Å². The molecule has 0 saturated carbocycles. The van der Waals surface area contributed by atoms with E-state index < -0.39 is 0 Å². The van der Waals surface area contributed by atoms with Crippen molar-refractivity contribution < 1.29 is 4.39 Å². The van der Waals surface area contributed by atoms with Crippen LogP contribution in [-0.4, -0.2) is 14.8 Å². The number of hydrogen-bond donors (Lipinski definition) is 0.